The monoisotopic (exact) mass is 936 g/mol. The maximum atomic E-state index is 12.4. The van der Waals surface area contributed by atoms with Gasteiger partial charge < -0.3 is 4.74 Å². The molecule has 1 aliphatic rings. The van der Waals surface area contributed by atoms with Crippen LogP contribution in [0.25, 0.3) is 0 Å². The van der Waals surface area contributed by atoms with Crippen LogP contribution in [0.2, 0.25) is 40.1 Å². The molecule has 1 rings (SSSR count). The Labute approximate surface area is 332 Å². The first-order valence-electron chi connectivity index (χ1n) is 15.3. The molecule has 0 unspecified atom stereocenters. The Balaban J connectivity index is -0.0000000898. The van der Waals surface area contributed by atoms with Crippen molar-refractivity contribution < 1.29 is 97.3 Å². The molecule has 1 fully saturated rings. The summed E-state index contributed by atoms with van der Waals surface area (Å²) in [4.78, 5) is 9.00. The highest BCUT2D eigenvalue weighted by molar-refractivity contribution is 7.65. The molecule has 0 radical (unpaired) electrons. The van der Waals surface area contributed by atoms with Crippen molar-refractivity contribution in [3.63, 3.8) is 0 Å². The van der Waals surface area contributed by atoms with Gasteiger partial charge in [-0.1, -0.05) is 91.1 Å². The molecule has 344 valence electrons. The zero-order valence-electron chi connectivity index (χ0n) is 32.8. The number of nitrogens with zero attached hydrogens (tertiary/aromatic N) is 2. The van der Waals surface area contributed by atoms with Crippen LogP contribution in [0.15, 0.2) is 42.8 Å². The van der Waals surface area contributed by atoms with Gasteiger partial charge in [0.05, 0.1) is 6.08 Å². The summed E-state index contributed by atoms with van der Waals surface area (Å²) in [7, 11) is -8.66. The van der Waals surface area contributed by atoms with Gasteiger partial charge in [0.1, 0.15) is 32.6 Å². The van der Waals surface area contributed by atoms with Crippen molar-refractivity contribution in [2.45, 2.75) is 129 Å². The molecule has 59 heavy (non-hydrogen) atoms. The lowest BCUT2D eigenvalue weighted by Crippen LogP contribution is -2.50. The highest BCUT2D eigenvalue weighted by Gasteiger charge is 2.76. The molecule has 0 aromatic carbocycles. The molecule has 4 nitrogen and oxygen atoms in total. The highest BCUT2D eigenvalue weighted by Crippen LogP contribution is 2.70. The molecule has 0 spiro atoms. The largest absolute Gasteiger partial charge is 0.574 e. The number of alkyl halides is 17. The summed E-state index contributed by atoms with van der Waals surface area (Å²) in [5.74, 6) is 3.25. The molecule has 0 heterocycles. The first kappa shape index (κ1) is 72.7. The first-order valence-corrected chi connectivity index (χ1v) is 20.2. The number of allylic oxidation sites excluding steroid dienone is 1. The van der Waals surface area contributed by atoms with E-state index in [2.05, 4.69) is 76.0 Å². The Hall–Kier alpha value is -3.86. The van der Waals surface area contributed by atoms with Crippen molar-refractivity contribution in [3.05, 3.63) is 42.8 Å². The fourth-order valence-electron chi connectivity index (χ4n) is 1.05. The highest BCUT2D eigenvalue weighted by atomic mass is 31.1. The minimum Gasteiger partial charge on any atom is -0.374 e. The topological polar surface area (TPSA) is 73.9 Å². The predicted molar refractivity (Wildman–Crippen MR) is 188 cm³/mol. The summed E-state index contributed by atoms with van der Waals surface area (Å²) in [6.45, 7) is 23.3. The van der Waals surface area contributed by atoms with Crippen molar-refractivity contribution in [2.24, 2.45) is 0 Å². The third-order valence-electron chi connectivity index (χ3n) is 3.57. The Morgan fingerprint density at radius 2 is 1.07 bits per heavy atom. The molecule has 0 N–H and O–H groups in total. The molecule has 0 aliphatic heterocycles. The third-order valence-corrected chi connectivity index (χ3v) is 7.62. The van der Waals surface area contributed by atoms with E-state index in [1.807, 2.05) is 0 Å². The van der Waals surface area contributed by atoms with Gasteiger partial charge in [-0.25, -0.2) is 22.4 Å². The summed E-state index contributed by atoms with van der Waals surface area (Å²) in [5.41, 5.74) is -12.0. The van der Waals surface area contributed by atoms with E-state index in [1.54, 1.807) is 6.92 Å². The van der Waals surface area contributed by atoms with Gasteiger partial charge in [-0.2, -0.15) is 67.6 Å². The fourth-order valence-corrected chi connectivity index (χ4v) is 2.81. The van der Waals surface area contributed by atoms with E-state index < -0.39 is 70.1 Å². The first-order chi connectivity index (χ1) is 26.1. The molecular formula is C32H42BF20N2O2PSi. The molecule has 1 saturated carbocycles. The molecule has 27 heteroatoms. The number of ether oxygens (including phenoxy) is 1. The van der Waals surface area contributed by atoms with E-state index in [9.17, 15) is 87.8 Å². The van der Waals surface area contributed by atoms with Crippen molar-refractivity contribution in [3.8, 4) is 24.2 Å². The maximum Gasteiger partial charge on any atom is 0.574 e. The van der Waals surface area contributed by atoms with Crippen molar-refractivity contribution in [2.75, 3.05) is 0 Å². The predicted octanol–water partition coefficient (Wildman–Crippen LogP) is 15.2. The summed E-state index contributed by atoms with van der Waals surface area (Å²) in [6.07, 6.45) is -14.3. The average Bonchev–Trinajstić information content (AvgIpc) is 3.91. The van der Waals surface area contributed by atoms with Gasteiger partial charge >= 0.3 is 42.1 Å². The number of hydrogen-bond donors (Lipinski definition) is 0. The van der Waals surface area contributed by atoms with E-state index in [4.69, 9.17) is 15.3 Å². The molecule has 0 amide bonds. The SMILES string of the molecule is C#CC.C1CC1.C=C=C=C.CB(C)C.CCC.C[Si](C)(C)C(F)(F)C(F)F.FC(F)=C(F)OC(F)(F)F.N#CC=C=O.N#CP(C(F)(F)C(F)(F)F)C(F)(F)C(F)(F)F. The standard InChI is InChI=1S/C5F10NP.C5H10F4Si.C4H4.C3H9B.C3F6O.C3HNO.C3H6.C3H8.C3H4/c6-2(7,8)4(12,13)17(1-16)5(14,15)3(9,10)11;1-10(2,3)5(8,9)4(6)7;1-3-4-2;1-4(2)3;4-1(5)2(6)10-3(7,8)9;4-2-1-3-5;1-2-3-1;2*1-3-2/h;4H,1-3H3;1-2H2;1-3H3;;1H;1-3H2;3H2,1-2H3;1H,2H3. The smallest absolute Gasteiger partial charge is 0.374 e. The Kier molecular flexibility index (Phi) is 44.4. The molecule has 0 aromatic rings. The maximum absolute atomic E-state index is 12.4. The average molecular weight is 937 g/mol. The number of terminal acetylenes is 1. The number of halogens is 20. The molecule has 0 bridgehead atoms. The molecule has 0 atom stereocenters. The van der Waals surface area contributed by atoms with Gasteiger partial charge in [0, 0.05) is 0 Å². The summed E-state index contributed by atoms with van der Waals surface area (Å²) >= 11 is 0. The number of nitriles is 2. The summed E-state index contributed by atoms with van der Waals surface area (Å²) in [5, 5.41) is 15.2. The van der Waals surface area contributed by atoms with E-state index >= 15 is 0 Å². The second-order valence-electron chi connectivity index (χ2n) is 11.3. The van der Waals surface area contributed by atoms with Gasteiger partial charge in [-0.15, -0.1) is 25.5 Å². The van der Waals surface area contributed by atoms with Crippen LogP contribution in [0.4, 0.5) is 87.8 Å². The second-order valence-corrected chi connectivity index (χ2v) is 18.5. The van der Waals surface area contributed by atoms with Gasteiger partial charge in [0.25, 0.3) is 12.0 Å². The lowest BCUT2D eigenvalue weighted by Gasteiger charge is -2.30. The number of carbonyl (C=O) groups excluding carboxylic acids is 1. The van der Waals surface area contributed by atoms with Gasteiger partial charge in [0.15, 0.2) is 7.92 Å². The second kappa shape index (κ2) is 36.0. The minimum atomic E-state index is -6.66. The third kappa shape index (κ3) is 46.7. The van der Waals surface area contributed by atoms with Crippen molar-refractivity contribution in [1.29, 1.82) is 10.5 Å². The van der Waals surface area contributed by atoms with Crippen molar-refractivity contribution >= 4 is 28.6 Å². The Bertz CT molecular complexity index is 1330. The van der Waals surface area contributed by atoms with Crippen molar-refractivity contribution in [1.82, 2.24) is 0 Å². The van der Waals surface area contributed by atoms with E-state index in [0.29, 0.717) is 0 Å². The fraction of sp³-hybridized carbons (Fsp3) is 0.625. The van der Waals surface area contributed by atoms with Gasteiger partial charge in [-0.3, -0.25) is 0 Å². The lowest BCUT2D eigenvalue weighted by atomic mass is 9.58. The molecular weight excluding hydrogens is 894 g/mol. The molecule has 0 aromatic heterocycles. The summed E-state index contributed by atoms with van der Waals surface area (Å²) < 4.78 is 234. The molecule has 1 aliphatic carbocycles. The normalized spacial score (nSPS) is 11.3. The van der Waals surface area contributed by atoms with Crippen LogP contribution in [0.1, 0.15) is 46.5 Å². The van der Waals surface area contributed by atoms with Crippen LogP contribution in [0.5, 0.6) is 0 Å². The van der Waals surface area contributed by atoms with Gasteiger partial charge in [0.2, 0.25) is 0 Å². The van der Waals surface area contributed by atoms with Crippen LogP contribution in [-0.2, 0) is 9.53 Å². The van der Waals surface area contributed by atoms with E-state index in [1.165, 1.54) is 57.3 Å². The van der Waals surface area contributed by atoms with Crippen LogP contribution < -0.4 is 0 Å². The zero-order chi connectivity index (χ0) is 49.9. The van der Waals surface area contributed by atoms with Crippen LogP contribution >= 0.6 is 7.92 Å². The van der Waals surface area contributed by atoms with E-state index in [-0.39, 0.29) is 5.81 Å². The van der Waals surface area contributed by atoms with Gasteiger partial charge in [-0.05, 0) is 20.1 Å². The zero-order valence-corrected chi connectivity index (χ0v) is 34.7. The van der Waals surface area contributed by atoms with E-state index in [0.717, 1.165) is 12.8 Å². The quantitative estimate of drug-likeness (QED) is 0.0402. The number of rotatable bonds is 5. The number of hydrogen-bond acceptors (Lipinski definition) is 4. The minimum absolute atomic E-state index is 0.279. The Morgan fingerprint density at radius 3 is 1.12 bits per heavy atom. The summed E-state index contributed by atoms with van der Waals surface area (Å²) in [6, 6.07) is -1.45. The Morgan fingerprint density at radius 1 is 0.797 bits per heavy atom. The van der Waals surface area contributed by atoms with Crippen LogP contribution in [0.3, 0.4) is 0 Å². The lowest BCUT2D eigenvalue weighted by molar-refractivity contribution is -0.315. The molecule has 0 saturated heterocycles. The van der Waals surface area contributed by atoms with Crippen LogP contribution in [0, 0.1) is 34.7 Å². The van der Waals surface area contributed by atoms with Crippen LogP contribution in [-0.4, -0.2) is 62.7 Å².